The lowest BCUT2D eigenvalue weighted by Gasteiger charge is -2.27. The molecule has 1 fully saturated rings. The van der Waals surface area contributed by atoms with Crippen LogP contribution in [-0.4, -0.2) is 36.5 Å². The molecule has 2 heterocycles. The molecule has 2 aromatic rings. The summed E-state index contributed by atoms with van der Waals surface area (Å²) in [6.07, 6.45) is 1.78. The second kappa shape index (κ2) is 9.09. The van der Waals surface area contributed by atoms with Crippen molar-refractivity contribution in [3.8, 4) is 5.75 Å². The summed E-state index contributed by atoms with van der Waals surface area (Å²) >= 11 is 13.7. The van der Waals surface area contributed by atoms with Crippen molar-refractivity contribution in [1.82, 2.24) is 10.2 Å². The summed E-state index contributed by atoms with van der Waals surface area (Å²) in [6, 6.07) is 9.36. The van der Waals surface area contributed by atoms with Gasteiger partial charge in [-0.1, -0.05) is 29.3 Å². The molecule has 26 heavy (non-hydrogen) atoms. The van der Waals surface area contributed by atoms with Crippen LogP contribution in [0.25, 0.3) is 0 Å². The van der Waals surface area contributed by atoms with Gasteiger partial charge in [0.25, 0.3) is 5.91 Å². The van der Waals surface area contributed by atoms with Gasteiger partial charge in [-0.05, 0) is 62.5 Å². The summed E-state index contributed by atoms with van der Waals surface area (Å²) < 4.78 is 5.70. The number of ether oxygens (including phenoxy) is 1. The average Bonchev–Trinajstić information content (AvgIpc) is 3.31. The van der Waals surface area contributed by atoms with E-state index in [2.05, 4.69) is 27.7 Å². The zero-order valence-corrected chi connectivity index (χ0v) is 16.9. The standard InChI is InChI=1S/C19H22Cl2N2O2S/c1-13(25-17-7-6-14(20)11-15(17)21)19(24)22-12-16(18-5-4-10-26-18)23-8-2-3-9-23/h4-7,10-11,13,16H,2-3,8-9,12H2,1H3,(H,22,24)/t13-,16-/m1/s1. The molecule has 1 aromatic heterocycles. The minimum Gasteiger partial charge on any atom is -0.479 e. The number of carbonyl (C=O) groups is 1. The molecule has 1 aliphatic rings. The van der Waals surface area contributed by atoms with Gasteiger partial charge in [-0.25, -0.2) is 0 Å². The van der Waals surface area contributed by atoms with E-state index in [1.54, 1.807) is 36.5 Å². The van der Waals surface area contributed by atoms with Gasteiger partial charge < -0.3 is 10.1 Å². The molecule has 1 saturated heterocycles. The van der Waals surface area contributed by atoms with Crippen LogP contribution >= 0.6 is 34.5 Å². The Bertz CT molecular complexity index is 733. The van der Waals surface area contributed by atoms with E-state index >= 15 is 0 Å². The minimum atomic E-state index is -0.642. The highest BCUT2D eigenvalue weighted by molar-refractivity contribution is 7.10. The largest absolute Gasteiger partial charge is 0.479 e. The Morgan fingerprint density at radius 1 is 1.31 bits per heavy atom. The summed E-state index contributed by atoms with van der Waals surface area (Å²) in [6.45, 7) is 4.44. The van der Waals surface area contributed by atoms with Crippen LogP contribution in [0.3, 0.4) is 0 Å². The first-order valence-corrected chi connectivity index (χ1v) is 10.3. The Kier molecular flexibility index (Phi) is 6.81. The van der Waals surface area contributed by atoms with E-state index in [0.717, 1.165) is 13.1 Å². The van der Waals surface area contributed by atoms with Crippen LogP contribution in [0.2, 0.25) is 10.0 Å². The van der Waals surface area contributed by atoms with Crippen LogP contribution in [0.4, 0.5) is 0 Å². The van der Waals surface area contributed by atoms with Crippen molar-refractivity contribution in [3.05, 3.63) is 50.6 Å². The van der Waals surface area contributed by atoms with E-state index in [9.17, 15) is 4.79 Å². The SMILES string of the molecule is C[C@@H](Oc1ccc(Cl)cc1Cl)C(=O)NC[C@H](c1cccs1)N1CCCC1. The number of amides is 1. The van der Waals surface area contributed by atoms with Gasteiger partial charge in [-0.2, -0.15) is 0 Å². The fourth-order valence-electron chi connectivity index (χ4n) is 3.10. The predicted octanol–water partition coefficient (Wildman–Crippen LogP) is 4.78. The number of halogens is 2. The second-order valence-electron chi connectivity index (χ2n) is 6.35. The number of carbonyl (C=O) groups excluding carboxylic acids is 1. The lowest BCUT2D eigenvalue weighted by Crippen LogP contribution is -2.41. The summed E-state index contributed by atoms with van der Waals surface area (Å²) in [7, 11) is 0. The molecule has 1 aliphatic heterocycles. The number of thiophene rings is 1. The van der Waals surface area contributed by atoms with Gasteiger partial charge in [0.05, 0.1) is 11.1 Å². The predicted molar refractivity (Wildman–Crippen MR) is 107 cm³/mol. The van der Waals surface area contributed by atoms with Crippen molar-refractivity contribution in [2.75, 3.05) is 19.6 Å². The Morgan fingerprint density at radius 3 is 2.73 bits per heavy atom. The maximum Gasteiger partial charge on any atom is 0.260 e. The van der Waals surface area contributed by atoms with E-state index in [-0.39, 0.29) is 11.9 Å². The molecule has 0 bridgehead atoms. The normalized spacial score (nSPS) is 17.0. The quantitative estimate of drug-likeness (QED) is 0.711. The maximum atomic E-state index is 12.5. The zero-order chi connectivity index (χ0) is 18.5. The van der Waals surface area contributed by atoms with E-state index < -0.39 is 6.10 Å². The van der Waals surface area contributed by atoms with Crippen LogP contribution in [0.1, 0.15) is 30.7 Å². The Labute approximate surface area is 168 Å². The zero-order valence-electron chi connectivity index (χ0n) is 14.6. The summed E-state index contributed by atoms with van der Waals surface area (Å²) in [5.74, 6) is 0.296. The summed E-state index contributed by atoms with van der Waals surface area (Å²) in [5, 5.41) is 6.03. The molecule has 0 saturated carbocycles. The van der Waals surface area contributed by atoms with Crippen molar-refractivity contribution in [1.29, 1.82) is 0 Å². The molecule has 0 radical (unpaired) electrons. The maximum absolute atomic E-state index is 12.5. The van der Waals surface area contributed by atoms with Crippen molar-refractivity contribution >= 4 is 40.4 Å². The van der Waals surface area contributed by atoms with Crippen molar-refractivity contribution in [3.63, 3.8) is 0 Å². The number of hydrogen-bond acceptors (Lipinski definition) is 4. The fraction of sp³-hybridized carbons (Fsp3) is 0.421. The Morgan fingerprint density at radius 2 is 2.08 bits per heavy atom. The molecule has 1 amide bonds. The molecule has 4 nitrogen and oxygen atoms in total. The number of nitrogens with one attached hydrogen (secondary N) is 1. The number of nitrogens with zero attached hydrogens (tertiary/aromatic N) is 1. The van der Waals surface area contributed by atoms with Gasteiger partial charge in [0.2, 0.25) is 0 Å². The second-order valence-corrected chi connectivity index (χ2v) is 8.18. The highest BCUT2D eigenvalue weighted by Gasteiger charge is 2.26. The average molecular weight is 413 g/mol. The molecule has 2 atom stereocenters. The number of hydrogen-bond donors (Lipinski definition) is 1. The monoisotopic (exact) mass is 412 g/mol. The number of rotatable bonds is 7. The highest BCUT2D eigenvalue weighted by atomic mass is 35.5. The molecule has 1 N–H and O–H groups in total. The number of likely N-dealkylation sites (tertiary alicyclic amines) is 1. The topological polar surface area (TPSA) is 41.6 Å². The molecule has 1 aromatic carbocycles. The van der Waals surface area contributed by atoms with Gasteiger partial charge >= 0.3 is 0 Å². The van der Waals surface area contributed by atoms with E-state index in [1.165, 1.54) is 17.7 Å². The summed E-state index contributed by atoms with van der Waals surface area (Å²) in [5.41, 5.74) is 0. The van der Waals surface area contributed by atoms with Gasteiger partial charge in [0.15, 0.2) is 6.10 Å². The van der Waals surface area contributed by atoms with Crippen molar-refractivity contribution < 1.29 is 9.53 Å². The molecule has 7 heteroatoms. The lowest BCUT2D eigenvalue weighted by atomic mass is 10.2. The summed E-state index contributed by atoms with van der Waals surface area (Å²) in [4.78, 5) is 16.2. The van der Waals surface area contributed by atoms with Crippen LogP contribution in [0.15, 0.2) is 35.7 Å². The minimum absolute atomic E-state index is 0.156. The highest BCUT2D eigenvalue weighted by Crippen LogP contribution is 2.29. The Balaban J connectivity index is 1.59. The van der Waals surface area contributed by atoms with Crippen molar-refractivity contribution in [2.45, 2.75) is 31.9 Å². The van der Waals surface area contributed by atoms with Gasteiger partial charge in [0, 0.05) is 16.4 Å². The lowest BCUT2D eigenvalue weighted by molar-refractivity contribution is -0.127. The van der Waals surface area contributed by atoms with Crippen LogP contribution in [-0.2, 0) is 4.79 Å². The van der Waals surface area contributed by atoms with Gasteiger partial charge in [-0.3, -0.25) is 9.69 Å². The first-order chi connectivity index (χ1) is 12.5. The first-order valence-electron chi connectivity index (χ1n) is 8.71. The molecule has 0 aliphatic carbocycles. The van der Waals surface area contributed by atoms with Gasteiger partial charge in [0.1, 0.15) is 5.75 Å². The molecular formula is C19H22Cl2N2O2S. The van der Waals surface area contributed by atoms with E-state index in [4.69, 9.17) is 27.9 Å². The molecule has 0 unspecified atom stereocenters. The third-order valence-electron chi connectivity index (χ3n) is 4.49. The van der Waals surface area contributed by atoms with Crippen molar-refractivity contribution in [2.24, 2.45) is 0 Å². The molecular weight excluding hydrogens is 391 g/mol. The molecule has 0 spiro atoms. The smallest absolute Gasteiger partial charge is 0.260 e. The van der Waals surface area contributed by atoms with Crippen LogP contribution in [0.5, 0.6) is 5.75 Å². The van der Waals surface area contributed by atoms with E-state index in [1.807, 2.05) is 0 Å². The fourth-order valence-corrected chi connectivity index (χ4v) is 4.41. The van der Waals surface area contributed by atoms with E-state index in [0.29, 0.717) is 22.3 Å². The van der Waals surface area contributed by atoms with Gasteiger partial charge in [-0.15, -0.1) is 11.3 Å². The number of benzene rings is 1. The van der Waals surface area contributed by atoms with Crippen LogP contribution < -0.4 is 10.1 Å². The molecule has 3 rings (SSSR count). The van der Waals surface area contributed by atoms with Crippen LogP contribution in [0, 0.1) is 0 Å². The Hall–Kier alpha value is -1.27. The first kappa shape index (κ1) is 19.5. The third kappa shape index (κ3) is 4.92. The molecule has 140 valence electrons. The third-order valence-corrected chi connectivity index (χ3v) is 5.99.